The molecule has 0 saturated carbocycles. The molecule has 3 rings (SSSR count). The molecule has 1 aromatic carbocycles. The maximum Gasteiger partial charge on any atom is 0.328 e. The van der Waals surface area contributed by atoms with Gasteiger partial charge in [-0.05, 0) is 37.3 Å². The van der Waals surface area contributed by atoms with Crippen molar-refractivity contribution < 1.29 is 9.90 Å². The van der Waals surface area contributed by atoms with Crippen molar-refractivity contribution in [2.45, 2.75) is 6.92 Å². The molecule has 110 valence electrons. The van der Waals surface area contributed by atoms with Crippen LogP contribution in [0.1, 0.15) is 11.4 Å². The van der Waals surface area contributed by atoms with Gasteiger partial charge in [-0.25, -0.2) is 4.79 Å². The SMILES string of the molecule is Cc1cc(Nn2cccc2C=CC(=O)O)c2ccccc2n1. The van der Waals surface area contributed by atoms with E-state index in [4.69, 9.17) is 5.11 Å². The second kappa shape index (κ2) is 5.73. The predicted octanol–water partition coefficient (Wildman–Crippen LogP) is 3.32. The number of carbonyl (C=O) groups is 1. The second-order valence-electron chi connectivity index (χ2n) is 4.91. The molecule has 0 atom stereocenters. The van der Waals surface area contributed by atoms with Crippen molar-refractivity contribution in [3.63, 3.8) is 0 Å². The number of nitrogens with one attached hydrogen (secondary N) is 1. The van der Waals surface area contributed by atoms with Crippen molar-refractivity contribution in [2.75, 3.05) is 5.43 Å². The van der Waals surface area contributed by atoms with Gasteiger partial charge in [0.25, 0.3) is 0 Å². The van der Waals surface area contributed by atoms with E-state index in [1.807, 2.05) is 55.6 Å². The molecule has 0 radical (unpaired) electrons. The van der Waals surface area contributed by atoms with Gasteiger partial charge in [0.1, 0.15) is 0 Å². The standard InChI is InChI=1S/C17H15N3O2/c1-12-11-16(14-6-2-3-7-15(14)18-12)19-20-10-4-5-13(20)8-9-17(21)22/h2-11H,1H3,(H,18,19)(H,21,22). The number of para-hydroxylation sites is 1. The zero-order valence-electron chi connectivity index (χ0n) is 12.0. The van der Waals surface area contributed by atoms with E-state index in [1.54, 1.807) is 10.8 Å². The van der Waals surface area contributed by atoms with Crippen molar-refractivity contribution in [2.24, 2.45) is 0 Å². The minimum Gasteiger partial charge on any atom is -0.478 e. The zero-order chi connectivity index (χ0) is 15.5. The van der Waals surface area contributed by atoms with Gasteiger partial charge in [-0.2, -0.15) is 0 Å². The average molecular weight is 293 g/mol. The van der Waals surface area contributed by atoms with Gasteiger partial charge in [-0.15, -0.1) is 0 Å². The molecule has 0 aliphatic heterocycles. The number of pyridine rings is 1. The third-order valence-electron chi connectivity index (χ3n) is 3.26. The molecule has 2 N–H and O–H groups in total. The van der Waals surface area contributed by atoms with Gasteiger partial charge < -0.3 is 5.11 Å². The summed E-state index contributed by atoms with van der Waals surface area (Å²) in [4.78, 5) is 15.2. The van der Waals surface area contributed by atoms with Gasteiger partial charge in [0.15, 0.2) is 0 Å². The highest BCUT2D eigenvalue weighted by Crippen LogP contribution is 2.23. The van der Waals surface area contributed by atoms with Gasteiger partial charge in [-0.1, -0.05) is 18.2 Å². The number of nitrogens with zero attached hydrogens (tertiary/aromatic N) is 2. The average Bonchev–Trinajstić information content (AvgIpc) is 2.92. The monoisotopic (exact) mass is 293 g/mol. The lowest BCUT2D eigenvalue weighted by molar-refractivity contribution is -0.131. The molecule has 0 spiro atoms. The van der Waals surface area contributed by atoms with Crippen LogP contribution < -0.4 is 5.43 Å². The molecule has 22 heavy (non-hydrogen) atoms. The first kappa shape index (κ1) is 13.9. The van der Waals surface area contributed by atoms with Crippen LogP contribution in [-0.2, 0) is 4.79 Å². The molecule has 2 heterocycles. The quantitative estimate of drug-likeness (QED) is 0.724. The number of aromatic nitrogens is 2. The number of aliphatic carboxylic acids is 1. The second-order valence-corrected chi connectivity index (χ2v) is 4.91. The Bertz CT molecular complexity index is 865. The fourth-order valence-corrected chi connectivity index (χ4v) is 2.32. The van der Waals surface area contributed by atoms with E-state index >= 15 is 0 Å². The molecule has 0 amide bonds. The van der Waals surface area contributed by atoms with Crippen LogP contribution in [0, 0.1) is 6.92 Å². The summed E-state index contributed by atoms with van der Waals surface area (Å²) < 4.78 is 1.78. The predicted molar refractivity (Wildman–Crippen MR) is 86.6 cm³/mol. The molecule has 0 saturated heterocycles. The fourth-order valence-electron chi connectivity index (χ4n) is 2.32. The summed E-state index contributed by atoms with van der Waals surface area (Å²) in [6.07, 6.45) is 4.50. The Labute approximate surface area is 127 Å². The Kier molecular flexibility index (Phi) is 3.62. The molecule has 0 aliphatic rings. The lowest BCUT2D eigenvalue weighted by Crippen LogP contribution is -2.10. The van der Waals surface area contributed by atoms with Crippen LogP contribution in [0.2, 0.25) is 0 Å². The Morgan fingerprint density at radius 1 is 1.27 bits per heavy atom. The number of rotatable bonds is 4. The summed E-state index contributed by atoms with van der Waals surface area (Å²) in [5, 5.41) is 9.76. The van der Waals surface area contributed by atoms with Crippen LogP contribution in [0.25, 0.3) is 17.0 Å². The summed E-state index contributed by atoms with van der Waals surface area (Å²) in [5.74, 6) is -0.974. The Balaban J connectivity index is 2.01. The molecular formula is C17H15N3O2. The normalized spacial score (nSPS) is 11.1. The first-order chi connectivity index (χ1) is 10.6. The smallest absolute Gasteiger partial charge is 0.328 e. The van der Waals surface area contributed by atoms with Crippen LogP contribution in [0.15, 0.2) is 54.7 Å². The molecular weight excluding hydrogens is 278 g/mol. The number of fused-ring (bicyclic) bond motifs is 1. The fraction of sp³-hybridized carbons (Fsp3) is 0.0588. The lowest BCUT2D eigenvalue weighted by atomic mass is 10.1. The third-order valence-corrected chi connectivity index (χ3v) is 3.26. The van der Waals surface area contributed by atoms with Gasteiger partial charge in [0.05, 0.1) is 16.9 Å². The minimum atomic E-state index is -0.974. The van der Waals surface area contributed by atoms with Crippen LogP contribution in [0.4, 0.5) is 5.69 Å². The van der Waals surface area contributed by atoms with E-state index in [-0.39, 0.29) is 0 Å². The van der Waals surface area contributed by atoms with Crippen molar-refractivity contribution >= 4 is 28.6 Å². The minimum absolute atomic E-state index is 0.751. The molecule has 0 bridgehead atoms. The first-order valence-corrected chi connectivity index (χ1v) is 6.85. The van der Waals surface area contributed by atoms with E-state index in [0.717, 1.165) is 34.1 Å². The van der Waals surface area contributed by atoms with Crippen LogP contribution in [0.3, 0.4) is 0 Å². The van der Waals surface area contributed by atoms with Crippen LogP contribution in [0.5, 0.6) is 0 Å². The Hall–Kier alpha value is -3.08. The largest absolute Gasteiger partial charge is 0.478 e. The summed E-state index contributed by atoms with van der Waals surface area (Å²) in [5.41, 5.74) is 6.79. The van der Waals surface area contributed by atoms with Gasteiger partial charge in [-0.3, -0.25) is 15.1 Å². The molecule has 2 aromatic heterocycles. The third kappa shape index (κ3) is 2.83. The number of hydrogen-bond donors (Lipinski definition) is 2. The van der Waals surface area contributed by atoms with E-state index in [1.165, 1.54) is 0 Å². The van der Waals surface area contributed by atoms with Crippen LogP contribution in [-0.4, -0.2) is 20.7 Å². The van der Waals surface area contributed by atoms with E-state index < -0.39 is 5.97 Å². The highest BCUT2D eigenvalue weighted by Gasteiger charge is 2.05. The maximum absolute atomic E-state index is 10.7. The van der Waals surface area contributed by atoms with Crippen LogP contribution >= 0.6 is 0 Å². The summed E-state index contributed by atoms with van der Waals surface area (Å²) in [6, 6.07) is 13.5. The number of anilines is 1. The molecule has 0 unspecified atom stereocenters. The number of aryl methyl sites for hydroxylation is 1. The molecule has 0 aliphatic carbocycles. The van der Waals surface area contributed by atoms with Gasteiger partial charge in [0, 0.05) is 23.4 Å². The molecule has 5 nitrogen and oxygen atoms in total. The number of carboxylic acid groups (broad SMARTS) is 1. The van der Waals surface area contributed by atoms with E-state index in [2.05, 4.69) is 10.4 Å². The summed E-state index contributed by atoms with van der Waals surface area (Å²) >= 11 is 0. The number of carboxylic acids is 1. The molecule has 5 heteroatoms. The van der Waals surface area contributed by atoms with E-state index in [9.17, 15) is 4.79 Å². The maximum atomic E-state index is 10.7. The Morgan fingerprint density at radius 3 is 2.91 bits per heavy atom. The van der Waals surface area contributed by atoms with Gasteiger partial charge in [0.2, 0.25) is 0 Å². The van der Waals surface area contributed by atoms with E-state index in [0.29, 0.717) is 0 Å². The first-order valence-electron chi connectivity index (χ1n) is 6.85. The highest BCUT2D eigenvalue weighted by atomic mass is 16.4. The van der Waals surface area contributed by atoms with Crippen molar-refractivity contribution in [3.05, 3.63) is 66.1 Å². The zero-order valence-corrected chi connectivity index (χ0v) is 12.0. The number of benzene rings is 1. The van der Waals surface area contributed by atoms with Crippen molar-refractivity contribution in [1.29, 1.82) is 0 Å². The van der Waals surface area contributed by atoms with Gasteiger partial charge >= 0.3 is 5.97 Å². The molecule has 0 fully saturated rings. The molecule has 3 aromatic rings. The lowest BCUT2D eigenvalue weighted by Gasteiger charge is -2.13. The topological polar surface area (TPSA) is 67.2 Å². The van der Waals surface area contributed by atoms with Crippen molar-refractivity contribution in [1.82, 2.24) is 9.66 Å². The summed E-state index contributed by atoms with van der Waals surface area (Å²) in [6.45, 7) is 1.94. The summed E-state index contributed by atoms with van der Waals surface area (Å²) in [7, 11) is 0. The highest BCUT2D eigenvalue weighted by molar-refractivity contribution is 5.91. The Morgan fingerprint density at radius 2 is 2.09 bits per heavy atom. The number of hydrogen-bond acceptors (Lipinski definition) is 3. The van der Waals surface area contributed by atoms with Crippen molar-refractivity contribution in [3.8, 4) is 0 Å².